The number of ether oxygens (including phenoxy) is 2. The van der Waals surface area contributed by atoms with Crippen LogP contribution < -0.4 is 20.3 Å². The lowest BCUT2D eigenvalue weighted by atomic mass is 10.2. The third-order valence-corrected chi connectivity index (χ3v) is 8.87. The fourth-order valence-corrected chi connectivity index (χ4v) is 6.84. The molecule has 14 heteroatoms. The summed E-state index contributed by atoms with van der Waals surface area (Å²) >= 11 is 3.51. The van der Waals surface area contributed by atoms with Gasteiger partial charge in [0, 0.05) is 17.7 Å². The second-order valence-corrected chi connectivity index (χ2v) is 11.4. The number of methoxy groups -OCH3 is 2. The third-order valence-electron chi connectivity index (χ3n) is 5.86. The molecule has 0 spiro atoms. The third kappa shape index (κ3) is 5.72. The van der Waals surface area contributed by atoms with Gasteiger partial charge in [0.05, 0.1) is 52.9 Å². The monoisotopic (exact) mass is 594 g/mol. The van der Waals surface area contributed by atoms with Crippen molar-refractivity contribution in [1.82, 2.24) is 14.5 Å². The molecule has 3 heterocycles. The molecule has 2 aromatic carbocycles. The van der Waals surface area contributed by atoms with Gasteiger partial charge in [0.15, 0.2) is 21.8 Å². The molecule has 1 N–H and O–H groups in total. The van der Waals surface area contributed by atoms with Gasteiger partial charge in [0.25, 0.3) is 5.56 Å². The first-order valence-electron chi connectivity index (χ1n) is 11.5. The van der Waals surface area contributed by atoms with E-state index in [0.717, 1.165) is 41.0 Å². The van der Waals surface area contributed by atoms with E-state index < -0.39 is 17.6 Å². The van der Waals surface area contributed by atoms with Gasteiger partial charge in [-0.15, -0.1) is 11.8 Å². The summed E-state index contributed by atoms with van der Waals surface area (Å²) in [5, 5.41) is 3.20. The maximum Gasteiger partial charge on any atom is 0.416 e. The smallest absolute Gasteiger partial charge is 0.416 e. The van der Waals surface area contributed by atoms with E-state index in [1.165, 1.54) is 36.6 Å². The number of hydrogen-bond acceptors (Lipinski definition) is 9. The molecule has 0 aliphatic carbocycles. The van der Waals surface area contributed by atoms with Crippen LogP contribution in [0.5, 0.6) is 11.5 Å². The fourth-order valence-electron chi connectivity index (χ4n) is 4.06. The van der Waals surface area contributed by atoms with Crippen LogP contribution in [-0.2, 0) is 23.9 Å². The number of alkyl halides is 3. The van der Waals surface area contributed by atoms with E-state index >= 15 is 0 Å². The van der Waals surface area contributed by atoms with Crippen molar-refractivity contribution in [3.8, 4) is 11.5 Å². The highest BCUT2D eigenvalue weighted by Gasteiger charge is 2.31. The molecule has 0 bridgehead atoms. The quantitative estimate of drug-likeness (QED) is 0.217. The zero-order valence-corrected chi connectivity index (χ0v) is 23.1. The van der Waals surface area contributed by atoms with Crippen molar-refractivity contribution in [2.24, 2.45) is 0 Å². The van der Waals surface area contributed by atoms with Crippen LogP contribution in [0.2, 0.25) is 0 Å². The number of aryl methyl sites for hydroxylation is 1. The average molecular weight is 595 g/mol. The van der Waals surface area contributed by atoms with E-state index in [9.17, 15) is 22.8 Å². The van der Waals surface area contributed by atoms with Crippen LogP contribution in [0.1, 0.15) is 16.8 Å². The molecule has 4 aromatic rings. The highest BCUT2D eigenvalue weighted by Crippen LogP contribution is 2.35. The van der Waals surface area contributed by atoms with Crippen LogP contribution in [0.15, 0.2) is 51.2 Å². The lowest BCUT2D eigenvalue weighted by Gasteiger charge is -2.16. The summed E-state index contributed by atoms with van der Waals surface area (Å²) in [6.07, 6.45) is -3.81. The largest absolute Gasteiger partial charge is 0.493 e. The van der Waals surface area contributed by atoms with Gasteiger partial charge in [0.1, 0.15) is 0 Å². The van der Waals surface area contributed by atoms with Crippen LogP contribution >= 0.6 is 34.9 Å². The number of benzene rings is 2. The molecule has 1 aliphatic rings. The molecule has 0 saturated carbocycles. The second-order valence-electron chi connectivity index (χ2n) is 8.35. The first-order valence-corrected chi connectivity index (χ1v) is 14.3. The predicted molar refractivity (Wildman–Crippen MR) is 146 cm³/mol. The minimum Gasteiger partial charge on any atom is -0.493 e. The standard InChI is InChI=1S/C25H21F3N4O4S3/c1-35-17-5-3-4-13(20(17)36-2)11-32-22(34)21-16(8-9-37-21)30-24(32)38-12-19(33)31-23-29-15-7-6-14(25(26,27)28)10-18(15)39-23/h3-7,10H,8-9,11-12H2,1-2H3,(H,29,31,33). The molecular weight excluding hydrogens is 573 g/mol. The second kappa shape index (κ2) is 11.1. The number of amides is 1. The van der Waals surface area contributed by atoms with Gasteiger partial charge in [-0.3, -0.25) is 14.2 Å². The van der Waals surface area contributed by atoms with Crippen LogP contribution in [0.4, 0.5) is 18.3 Å². The molecule has 0 saturated heterocycles. The minimum absolute atomic E-state index is 0.0860. The number of rotatable bonds is 8. The highest BCUT2D eigenvalue weighted by molar-refractivity contribution is 8.00. The SMILES string of the molecule is COc1cccc(Cn2c(SCC(=O)Nc3nc4ccc(C(F)(F)F)cc4s3)nc3c(c2=O)SCC3)c1OC. The molecule has 0 atom stereocenters. The van der Waals surface area contributed by atoms with Crippen molar-refractivity contribution in [2.75, 3.05) is 31.0 Å². The Labute approximate surface area is 232 Å². The number of carbonyl (C=O) groups excluding carboxylic acids is 1. The van der Waals surface area contributed by atoms with Crippen LogP contribution in [0.25, 0.3) is 10.2 Å². The Morgan fingerprint density at radius 3 is 2.74 bits per heavy atom. The number of nitrogens with zero attached hydrogens (tertiary/aromatic N) is 3. The number of carbonyl (C=O) groups is 1. The van der Waals surface area contributed by atoms with Crippen molar-refractivity contribution < 1.29 is 27.4 Å². The van der Waals surface area contributed by atoms with Crippen molar-refractivity contribution in [2.45, 2.75) is 29.2 Å². The van der Waals surface area contributed by atoms with Gasteiger partial charge in [0.2, 0.25) is 5.91 Å². The number of anilines is 1. The molecule has 0 fully saturated rings. The molecule has 0 radical (unpaired) electrons. The number of aromatic nitrogens is 3. The van der Waals surface area contributed by atoms with Gasteiger partial charge in [-0.1, -0.05) is 35.2 Å². The van der Waals surface area contributed by atoms with E-state index in [1.807, 2.05) is 6.07 Å². The molecule has 5 rings (SSSR count). The maximum absolute atomic E-state index is 13.4. The van der Waals surface area contributed by atoms with Gasteiger partial charge in [-0.2, -0.15) is 13.2 Å². The number of halogens is 3. The van der Waals surface area contributed by atoms with E-state index in [0.29, 0.717) is 49.4 Å². The normalized spacial score (nSPS) is 12.9. The minimum atomic E-state index is -4.47. The van der Waals surface area contributed by atoms with Gasteiger partial charge >= 0.3 is 6.18 Å². The Kier molecular flexibility index (Phi) is 7.78. The number of thioether (sulfide) groups is 2. The van der Waals surface area contributed by atoms with Gasteiger partial charge in [-0.05, 0) is 24.3 Å². The number of nitrogens with one attached hydrogen (secondary N) is 1. The molecular formula is C25H21F3N4O4S3. The lowest BCUT2D eigenvalue weighted by Crippen LogP contribution is -2.26. The first-order chi connectivity index (χ1) is 18.7. The summed E-state index contributed by atoms with van der Waals surface area (Å²) in [7, 11) is 3.05. The Morgan fingerprint density at radius 1 is 1.18 bits per heavy atom. The fraction of sp³-hybridized carbons (Fsp3) is 0.280. The average Bonchev–Trinajstić information content (AvgIpc) is 3.54. The molecule has 2 aromatic heterocycles. The molecule has 1 amide bonds. The molecule has 204 valence electrons. The van der Waals surface area contributed by atoms with Crippen LogP contribution in [0.3, 0.4) is 0 Å². The van der Waals surface area contributed by atoms with Gasteiger partial charge in [-0.25, -0.2) is 9.97 Å². The lowest BCUT2D eigenvalue weighted by molar-refractivity contribution is -0.137. The summed E-state index contributed by atoms with van der Waals surface area (Å²) in [5.74, 6) is 1.26. The van der Waals surface area contributed by atoms with E-state index in [-0.39, 0.29) is 23.0 Å². The Balaban J connectivity index is 1.37. The van der Waals surface area contributed by atoms with Crippen molar-refractivity contribution >= 4 is 56.1 Å². The number of hydrogen-bond donors (Lipinski definition) is 1. The van der Waals surface area contributed by atoms with Crippen LogP contribution in [-0.4, -0.2) is 46.2 Å². The molecule has 39 heavy (non-hydrogen) atoms. The predicted octanol–water partition coefficient (Wildman–Crippen LogP) is 5.32. The maximum atomic E-state index is 13.4. The summed E-state index contributed by atoms with van der Waals surface area (Å²) < 4.78 is 51.8. The van der Waals surface area contributed by atoms with E-state index in [2.05, 4.69) is 15.3 Å². The van der Waals surface area contributed by atoms with Crippen molar-refractivity contribution in [3.63, 3.8) is 0 Å². The zero-order chi connectivity index (χ0) is 27.7. The van der Waals surface area contributed by atoms with Crippen LogP contribution in [0, 0.1) is 0 Å². The number of fused-ring (bicyclic) bond motifs is 2. The Morgan fingerprint density at radius 2 is 2.00 bits per heavy atom. The molecule has 8 nitrogen and oxygen atoms in total. The van der Waals surface area contributed by atoms with Crippen molar-refractivity contribution in [1.29, 1.82) is 0 Å². The number of para-hydroxylation sites is 1. The van der Waals surface area contributed by atoms with E-state index in [4.69, 9.17) is 9.47 Å². The van der Waals surface area contributed by atoms with E-state index in [1.54, 1.807) is 12.1 Å². The molecule has 1 aliphatic heterocycles. The molecule has 0 unspecified atom stereocenters. The zero-order valence-electron chi connectivity index (χ0n) is 20.6. The Hall–Kier alpha value is -3.23. The number of thiazole rings is 1. The summed E-state index contributed by atoms with van der Waals surface area (Å²) in [4.78, 5) is 35.7. The highest BCUT2D eigenvalue weighted by atomic mass is 32.2. The first kappa shape index (κ1) is 27.3. The topological polar surface area (TPSA) is 95.3 Å². The Bertz CT molecular complexity index is 1620. The summed E-state index contributed by atoms with van der Waals surface area (Å²) in [6, 6.07) is 8.62. The van der Waals surface area contributed by atoms with Crippen molar-refractivity contribution in [3.05, 3.63) is 63.6 Å². The summed E-state index contributed by atoms with van der Waals surface area (Å²) in [5.41, 5.74) is 0.798. The summed E-state index contributed by atoms with van der Waals surface area (Å²) in [6.45, 7) is 0.156. The van der Waals surface area contributed by atoms with Gasteiger partial charge < -0.3 is 14.8 Å².